The number of ether oxygens (including phenoxy) is 1. The van der Waals surface area contributed by atoms with Gasteiger partial charge in [0.25, 0.3) is 0 Å². The lowest BCUT2D eigenvalue weighted by Crippen LogP contribution is -2.24. The van der Waals surface area contributed by atoms with Gasteiger partial charge < -0.3 is 14.5 Å². The highest BCUT2D eigenvalue weighted by Crippen LogP contribution is 2.29. The lowest BCUT2D eigenvalue weighted by molar-refractivity contribution is -0.118. The fourth-order valence-corrected chi connectivity index (χ4v) is 3.89. The molecule has 0 spiro atoms. The molecular weight excluding hydrogens is 436 g/mol. The van der Waals surface area contributed by atoms with E-state index in [2.05, 4.69) is 15.5 Å². The normalized spacial score (nSPS) is 10.8. The second-order valence-electron chi connectivity index (χ2n) is 6.47. The third-order valence-electron chi connectivity index (χ3n) is 4.47. The molecule has 0 aliphatic carbocycles. The molecule has 31 heavy (non-hydrogen) atoms. The minimum absolute atomic E-state index is 0.131. The Bertz CT molecular complexity index is 1160. The molecule has 0 fully saturated rings. The quantitative estimate of drug-likeness (QED) is 0.392. The summed E-state index contributed by atoms with van der Waals surface area (Å²) in [7, 11) is 1.62. The fourth-order valence-electron chi connectivity index (χ4n) is 2.91. The van der Waals surface area contributed by atoms with Crippen LogP contribution in [0.5, 0.6) is 5.75 Å². The van der Waals surface area contributed by atoms with Gasteiger partial charge in [0.2, 0.25) is 11.7 Å². The number of hydrogen-bond acceptors (Lipinski definition) is 6. The average molecular weight is 455 g/mol. The molecule has 0 radical (unpaired) electrons. The van der Waals surface area contributed by atoms with E-state index >= 15 is 0 Å². The van der Waals surface area contributed by atoms with E-state index < -0.39 is 0 Å². The Morgan fingerprint density at radius 3 is 2.65 bits per heavy atom. The van der Waals surface area contributed by atoms with Crippen LogP contribution in [0.15, 0.2) is 76.5 Å². The standard InChI is InChI=1S/C22H19ClN4O3S/c1-29-17-10-8-16(9-11-17)27-21(19-7-4-12-30-19)25-26-22(27)31-14-20(28)24-13-15-5-2-3-6-18(15)23/h2-12H,13-14H2,1H3,(H,24,28). The van der Waals surface area contributed by atoms with E-state index in [1.807, 2.05) is 53.1 Å². The Kier molecular flexibility index (Phi) is 6.59. The molecule has 0 bridgehead atoms. The van der Waals surface area contributed by atoms with Gasteiger partial charge >= 0.3 is 0 Å². The zero-order chi connectivity index (χ0) is 21.6. The molecule has 4 rings (SSSR count). The highest BCUT2D eigenvalue weighted by atomic mass is 35.5. The van der Waals surface area contributed by atoms with Crippen molar-refractivity contribution in [3.05, 3.63) is 77.5 Å². The number of halogens is 1. The molecule has 0 aliphatic rings. The first-order valence-corrected chi connectivity index (χ1v) is 10.8. The third-order valence-corrected chi connectivity index (χ3v) is 5.77. The van der Waals surface area contributed by atoms with Gasteiger partial charge in [0.05, 0.1) is 24.8 Å². The molecule has 7 nitrogen and oxygen atoms in total. The summed E-state index contributed by atoms with van der Waals surface area (Å²) in [5.41, 5.74) is 1.69. The van der Waals surface area contributed by atoms with E-state index in [0.717, 1.165) is 17.0 Å². The Morgan fingerprint density at radius 2 is 1.94 bits per heavy atom. The zero-order valence-electron chi connectivity index (χ0n) is 16.6. The number of aromatic nitrogens is 3. The number of nitrogens with one attached hydrogen (secondary N) is 1. The van der Waals surface area contributed by atoms with Crippen LogP contribution in [0.4, 0.5) is 0 Å². The molecular formula is C22H19ClN4O3S. The van der Waals surface area contributed by atoms with E-state index in [4.69, 9.17) is 20.8 Å². The molecule has 4 aromatic rings. The van der Waals surface area contributed by atoms with Crippen molar-refractivity contribution in [2.45, 2.75) is 11.7 Å². The number of nitrogens with zero attached hydrogens (tertiary/aromatic N) is 3. The second kappa shape index (κ2) is 9.72. The van der Waals surface area contributed by atoms with Crippen LogP contribution in [0.2, 0.25) is 5.02 Å². The SMILES string of the molecule is COc1ccc(-n2c(SCC(=O)NCc3ccccc3Cl)nnc2-c2ccco2)cc1. The topological polar surface area (TPSA) is 82.2 Å². The van der Waals surface area contributed by atoms with Crippen molar-refractivity contribution in [1.29, 1.82) is 0 Å². The van der Waals surface area contributed by atoms with Crippen LogP contribution >= 0.6 is 23.4 Å². The van der Waals surface area contributed by atoms with Crippen molar-refractivity contribution in [2.24, 2.45) is 0 Å². The smallest absolute Gasteiger partial charge is 0.230 e. The molecule has 1 amide bonds. The van der Waals surface area contributed by atoms with Gasteiger partial charge in [-0.25, -0.2) is 0 Å². The number of methoxy groups -OCH3 is 1. The molecule has 0 unspecified atom stereocenters. The second-order valence-corrected chi connectivity index (χ2v) is 7.82. The van der Waals surface area contributed by atoms with Gasteiger partial charge in [-0.2, -0.15) is 0 Å². The van der Waals surface area contributed by atoms with E-state index in [0.29, 0.717) is 28.3 Å². The Morgan fingerprint density at radius 1 is 1.13 bits per heavy atom. The lowest BCUT2D eigenvalue weighted by atomic mass is 10.2. The van der Waals surface area contributed by atoms with Crippen LogP contribution in [0.1, 0.15) is 5.56 Å². The van der Waals surface area contributed by atoms with Crippen molar-refractivity contribution in [1.82, 2.24) is 20.1 Å². The highest BCUT2D eigenvalue weighted by molar-refractivity contribution is 7.99. The zero-order valence-corrected chi connectivity index (χ0v) is 18.2. The Labute approximate surface area is 188 Å². The van der Waals surface area contributed by atoms with Crippen molar-refractivity contribution in [3.8, 4) is 23.0 Å². The first-order chi connectivity index (χ1) is 15.2. The third kappa shape index (κ3) is 4.92. The molecule has 0 saturated carbocycles. The van der Waals surface area contributed by atoms with Gasteiger partial charge in [0, 0.05) is 11.6 Å². The molecule has 0 saturated heterocycles. The molecule has 158 valence electrons. The van der Waals surface area contributed by atoms with Crippen molar-refractivity contribution >= 4 is 29.3 Å². The van der Waals surface area contributed by atoms with Gasteiger partial charge in [-0.15, -0.1) is 10.2 Å². The van der Waals surface area contributed by atoms with E-state index in [1.165, 1.54) is 11.8 Å². The number of hydrogen-bond donors (Lipinski definition) is 1. The first-order valence-electron chi connectivity index (χ1n) is 9.42. The number of thioether (sulfide) groups is 1. The van der Waals surface area contributed by atoms with Gasteiger partial charge in [-0.3, -0.25) is 9.36 Å². The van der Waals surface area contributed by atoms with Crippen LogP contribution < -0.4 is 10.1 Å². The van der Waals surface area contributed by atoms with Gasteiger partial charge in [-0.1, -0.05) is 41.6 Å². The maximum Gasteiger partial charge on any atom is 0.230 e. The summed E-state index contributed by atoms with van der Waals surface area (Å²) in [6.45, 7) is 0.363. The molecule has 2 aromatic heterocycles. The number of carbonyl (C=O) groups excluding carboxylic acids is 1. The van der Waals surface area contributed by atoms with Gasteiger partial charge in [-0.05, 0) is 48.0 Å². The highest BCUT2D eigenvalue weighted by Gasteiger charge is 2.19. The van der Waals surface area contributed by atoms with Crippen LogP contribution in [0.25, 0.3) is 17.3 Å². The van der Waals surface area contributed by atoms with Crippen molar-refractivity contribution < 1.29 is 13.9 Å². The summed E-state index contributed by atoms with van der Waals surface area (Å²) in [5, 5.41) is 12.6. The molecule has 0 atom stereocenters. The summed E-state index contributed by atoms with van der Waals surface area (Å²) in [4.78, 5) is 12.4. The number of furan rings is 1. The summed E-state index contributed by atoms with van der Waals surface area (Å²) in [5.74, 6) is 1.92. The van der Waals surface area contributed by atoms with E-state index in [9.17, 15) is 4.79 Å². The van der Waals surface area contributed by atoms with Crippen LogP contribution in [-0.4, -0.2) is 33.5 Å². The fraction of sp³-hybridized carbons (Fsp3) is 0.136. The minimum atomic E-state index is -0.131. The number of benzene rings is 2. The summed E-state index contributed by atoms with van der Waals surface area (Å²) >= 11 is 7.44. The summed E-state index contributed by atoms with van der Waals surface area (Å²) in [6, 6.07) is 18.5. The maximum absolute atomic E-state index is 12.4. The van der Waals surface area contributed by atoms with Crippen molar-refractivity contribution in [2.75, 3.05) is 12.9 Å². The Hall–Kier alpha value is -3.23. The molecule has 2 aromatic carbocycles. The molecule has 9 heteroatoms. The van der Waals surface area contributed by atoms with E-state index in [-0.39, 0.29) is 11.7 Å². The summed E-state index contributed by atoms with van der Waals surface area (Å²) < 4.78 is 12.6. The molecule has 2 heterocycles. The maximum atomic E-state index is 12.4. The Balaban J connectivity index is 1.51. The number of rotatable bonds is 8. The predicted molar refractivity (Wildman–Crippen MR) is 120 cm³/mol. The number of carbonyl (C=O) groups is 1. The molecule has 0 aliphatic heterocycles. The van der Waals surface area contributed by atoms with E-state index in [1.54, 1.807) is 25.5 Å². The lowest BCUT2D eigenvalue weighted by Gasteiger charge is -2.10. The molecule has 1 N–H and O–H groups in total. The van der Waals surface area contributed by atoms with Gasteiger partial charge in [0.1, 0.15) is 5.75 Å². The number of amides is 1. The minimum Gasteiger partial charge on any atom is -0.497 e. The average Bonchev–Trinajstić information content (AvgIpc) is 3.47. The first kappa shape index (κ1) is 21.0. The van der Waals surface area contributed by atoms with Crippen LogP contribution in [-0.2, 0) is 11.3 Å². The van der Waals surface area contributed by atoms with Crippen LogP contribution in [0.3, 0.4) is 0 Å². The summed E-state index contributed by atoms with van der Waals surface area (Å²) in [6.07, 6.45) is 1.58. The van der Waals surface area contributed by atoms with Crippen molar-refractivity contribution in [3.63, 3.8) is 0 Å². The monoisotopic (exact) mass is 454 g/mol. The predicted octanol–water partition coefficient (Wildman–Crippen LogP) is 4.60. The van der Waals surface area contributed by atoms with Gasteiger partial charge in [0.15, 0.2) is 10.9 Å². The van der Waals surface area contributed by atoms with Crippen LogP contribution in [0, 0.1) is 0 Å². The largest absolute Gasteiger partial charge is 0.497 e.